The monoisotopic (exact) mass is 683 g/mol. The second-order valence-electron chi connectivity index (χ2n) is 13.6. The molecule has 1 heterocycles. The summed E-state index contributed by atoms with van der Waals surface area (Å²) < 4.78 is 77.9. The minimum absolute atomic E-state index is 0.0289. The van der Waals surface area contributed by atoms with Gasteiger partial charge in [0.15, 0.2) is 20.8 Å². The number of rotatable bonds is 9. The molecule has 1 saturated heterocycles. The second-order valence-corrected chi connectivity index (χ2v) is 17.1. The number of alkyl halides is 2. The van der Waals surface area contributed by atoms with Crippen LogP contribution in [0.15, 0.2) is 118 Å². The molecule has 0 saturated carbocycles. The van der Waals surface area contributed by atoms with Crippen LogP contribution in [0.4, 0.5) is 8.78 Å². The molecule has 1 N–H and O–H groups in total. The summed E-state index contributed by atoms with van der Waals surface area (Å²) in [5.41, 5.74) is 2.81. The van der Waals surface area contributed by atoms with E-state index in [1.165, 1.54) is 17.7 Å². The zero-order valence-corrected chi connectivity index (χ0v) is 29.0. The van der Waals surface area contributed by atoms with Crippen molar-refractivity contribution in [2.75, 3.05) is 13.2 Å². The molecule has 1 aliphatic heterocycles. The Morgan fingerprint density at radius 3 is 1.68 bits per heavy atom. The van der Waals surface area contributed by atoms with Crippen LogP contribution in [0, 0.1) is 5.41 Å². The van der Waals surface area contributed by atoms with E-state index in [1.54, 1.807) is 12.1 Å². The molecule has 47 heavy (non-hydrogen) atoms. The van der Waals surface area contributed by atoms with Gasteiger partial charge < -0.3 is 14.2 Å². The SMILES string of the molecule is CC(Oc1ccc([S+](c2ccc(C(C)(C)C)cc2)c2ccc(C3(c4ccccc4)OCC(C)(C)CO3)cc2)cc1)C(F)(F)S(=O)(=O)O. The Morgan fingerprint density at radius 2 is 1.21 bits per heavy atom. The first kappa shape index (κ1) is 35.0. The minimum Gasteiger partial charge on any atom is -0.483 e. The third-order valence-electron chi connectivity index (χ3n) is 8.10. The predicted octanol–water partition coefficient (Wildman–Crippen LogP) is 8.60. The Morgan fingerprint density at radius 1 is 0.766 bits per heavy atom. The van der Waals surface area contributed by atoms with Crippen molar-refractivity contribution < 1.29 is 36.0 Å². The summed E-state index contributed by atoms with van der Waals surface area (Å²) in [5.74, 6) is -1.01. The molecule has 0 spiro atoms. The van der Waals surface area contributed by atoms with E-state index in [9.17, 15) is 17.2 Å². The van der Waals surface area contributed by atoms with Crippen LogP contribution in [0.5, 0.6) is 5.75 Å². The predicted molar refractivity (Wildman–Crippen MR) is 180 cm³/mol. The van der Waals surface area contributed by atoms with E-state index in [4.69, 9.17) is 18.8 Å². The van der Waals surface area contributed by atoms with Gasteiger partial charge in [0.2, 0.25) is 5.79 Å². The lowest BCUT2D eigenvalue weighted by Gasteiger charge is -2.44. The number of hydrogen-bond acceptors (Lipinski definition) is 5. The third kappa shape index (κ3) is 7.42. The molecule has 0 aliphatic carbocycles. The van der Waals surface area contributed by atoms with E-state index in [1.807, 2.05) is 42.5 Å². The summed E-state index contributed by atoms with van der Waals surface area (Å²) >= 11 is 0. The summed E-state index contributed by atoms with van der Waals surface area (Å²) in [7, 11) is -6.25. The highest BCUT2D eigenvalue weighted by molar-refractivity contribution is 7.97. The van der Waals surface area contributed by atoms with Crippen LogP contribution in [-0.2, 0) is 41.7 Å². The van der Waals surface area contributed by atoms with Crippen LogP contribution >= 0.6 is 0 Å². The molecule has 0 amide bonds. The van der Waals surface area contributed by atoms with Gasteiger partial charge in [0, 0.05) is 16.5 Å². The fraction of sp³-hybridized carbons (Fsp3) is 0.351. The van der Waals surface area contributed by atoms with Gasteiger partial charge >= 0.3 is 15.4 Å². The van der Waals surface area contributed by atoms with Crippen LogP contribution in [0.3, 0.4) is 0 Å². The lowest BCUT2D eigenvalue weighted by atomic mass is 9.87. The summed E-state index contributed by atoms with van der Waals surface area (Å²) in [5, 5.41) is -4.47. The first-order chi connectivity index (χ1) is 21.9. The minimum atomic E-state index is -5.64. The topological polar surface area (TPSA) is 82.1 Å². The lowest BCUT2D eigenvalue weighted by molar-refractivity contribution is -0.284. The van der Waals surface area contributed by atoms with Crippen LogP contribution in [0.1, 0.15) is 58.2 Å². The van der Waals surface area contributed by atoms with Gasteiger partial charge in [-0.2, -0.15) is 17.2 Å². The quantitative estimate of drug-likeness (QED) is 0.141. The highest BCUT2D eigenvalue weighted by Gasteiger charge is 2.51. The van der Waals surface area contributed by atoms with Gasteiger partial charge in [-0.15, -0.1) is 0 Å². The standard InChI is InChI=1S/C37H40F2O6S2/c1-26(37(38,39)47(40,41)42)45-30-16-22-33(23-17-30)46(31-18-12-27(13-19-31)34(2,3)4)32-20-14-29(15-21-32)36(28-10-8-7-9-11-28)43-24-35(5,6)25-44-36/h7-23,26H,24-25H2,1-6H3/p+1. The van der Waals surface area contributed by atoms with E-state index < -0.39 is 38.2 Å². The average molecular weight is 684 g/mol. The summed E-state index contributed by atoms with van der Waals surface area (Å²) in [6.45, 7) is 12.6. The molecular formula is C37H41F2O6S2+. The Balaban J connectivity index is 1.52. The normalized spacial score (nSPS) is 17.9. The number of hydrogen-bond donors (Lipinski definition) is 1. The molecule has 250 valence electrons. The van der Waals surface area contributed by atoms with E-state index in [0.29, 0.717) is 13.2 Å². The van der Waals surface area contributed by atoms with E-state index in [-0.39, 0.29) is 16.6 Å². The van der Waals surface area contributed by atoms with Gasteiger partial charge in [-0.1, -0.05) is 77.1 Å². The van der Waals surface area contributed by atoms with Crippen molar-refractivity contribution in [3.05, 3.63) is 120 Å². The van der Waals surface area contributed by atoms with Gasteiger partial charge in [0.1, 0.15) is 5.75 Å². The largest absolute Gasteiger partial charge is 0.483 e. The number of halogens is 2. The molecule has 5 rings (SSSR count). The average Bonchev–Trinajstić information content (AvgIpc) is 3.02. The maximum Gasteiger partial charge on any atom is 0.405 e. The van der Waals surface area contributed by atoms with Gasteiger partial charge in [-0.3, -0.25) is 4.55 Å². The van der Waals surface area contributed by atoms with Crippen molar-refractivity contribution >= 4 is 21.0 Å². The summed E-state index contributed by atoms with van der Waals surface area (Å²) in [6.07, 6.45) is -2.11. The van der Waals surface area contributed by atoms with Gasteiger partial charge in [-0.05, 0) is 78.6 Å². The second kappa shape index (κ2) is 13.0. The summed E-state index contributed by atoms with van der Waals surface area (Å²) in [4.78, 5) is 2.96. The summed E-state index contributed by atoms with van der Waals surface area (Å²) in [6, 6.07) is 33.2. The maximum atomic E-state index is 14.1. The molecule has 0 aromatic heterocycles. The maximum absolute atomic E-state index is 14.1. The molecule has 1 fully saturated rings. The Labute approximate surface area is 279 Å². The molecule has 2 unspecified atom stereocenters. The highest BCUT2D eigenvalue weighted by Crippen LogP contribution is 2.43. The lowest BCUT2D eigenvalue weighted by Crippen LogP contribution is -2.46. The molecule has 0 bridgehead atoms. The fourth-order valence-electron chi connectivity index (χ4n) is 5.28. The van der Waals surface area contributed by atoms with Crippen molar-refractivity contribution in [1.29, 1.82) is 0 Å². The van der Waals surface area contributed by atoms with Crippen LogP contribution in [0.2, 0.25) is 0 Å². The molecular weight excluding hydrogens is 643 g/mol. The van der Waals surface area contributed by atoms with Gasteiger partial charge in [-0.25, -0.2) is 0 Å². The van der Waals surface area contributed by atoms with Gasteiger partial charge in [0.05, 0.1) is 24.1 Å². The zero-order chi connectivity index (χ0) is 34.3. The molecule has 4 aromatic rings. The van der Waals surface area contributed by atoms with Crippen molar-refractivity contribution in [2.45, 2.75) is 78.8 Å². The first-order valence-electron chi connectivity index (χ1n) is 15.3. The number of ether oxygens (including phenoxy) is 3. The van der Waals surface area contributed by atoms with E-state index in [0.717, 1.165) is 32.7 Å². The fourth-order valence-corrected chi connectivity index (χ4v) is 7.79. The van der Waals surface area contributed by atoms with Gasteiger partial charge in [0.25, 0.3) is 0 Å². The molecule has 0 radical (unpaired) electrons. The number of benzene rings is 4. The Hall–Kier alpha value is -3.28. The molecule has 1 aliphatic rings. The van der Waals surface area contributed by atoms with Crippen molar-refractivity contribution in [2.24, 2.45) is 5.41 Å². The van der Waals surface area contributed by atoms with E-state index in [2.05, 4.69) is 71.0 Å². The Bertz CT molecular complexity index is 1760. The van der Waals surface area contributed by atoms with Crippen LogP contribution < -0.4 is 4.74 Å². The third-order valence-corrected chi connectivity index (χ3v) is 11.4. The molecule has 2 atom stereocenters. The molecule has 4 aromatic carbocycles. The highest BCUT2D eigenvalue weighted by atomic mass is 32.2. The molecule has 6 nitrogen and oxygen atoms in total. The van der Waals surface area contributed by atoms with E-state index >= 15 is 0 Å². The van der Waals surface area contributed by atoms with Crippen LogP contribution in [0.25, 0.3) is 0 Å². The van der Waals surface area contributed by atoms with Crippen LogP contribution in [-0.4, -0.2) is 37.5 Å². The zero-order valence-electron chi connectivity index (χ0n) is 27.4. The first-order valence-corrected chi connectivity index (χ1v) is 18.0. The van der Waals surface area contributed by atoms with Crippen molar-refractivity contribution in [3.8, 4) is 5.75 Å². The van der Waals surface area contributed by atoms with Crippen molar-refractivity contribution in [1.82, 2.24) is 0 Å². The molecule has 10 heteroatoms. The Kier molecular flexibility index (Phi) is 9.67. The van der Waals surface area contributed by atoms with Crippen molar-refractivity contribution in [3.63, 3.8) is 0 Å². The smallest absolute Gasteiger partial charge is 0.405 e.